The third-order valence-corrected chi connectivity index (χ3v) is 4.83. The van der Waals surface area contributed by atoms with Crippen LogP contribution in [0.1, 0.15) is 23.6 Å². The zero-order valence-electron chi connectivity index (χ0n) is 19.4. The lowest BCUT2D eigenvalue weighted by Gasteiger charge is -2.19. The quantitative estimate of drug-likeness (QED) is 0.262. The highest BCUT2D eigenvalue weighted by molar-refractivity contribution is 6.41. The Morgan fingerprint density at radius 3 is 2.47 bits per heavy atom. The van der Waals surface area contributed by atoms with Gasteiger partial charge in [-0.2, -0.15) is 5.26 Å². The first kappa shape index (κ1) is 26.4. The van der Waals surface area contributed by atoms with Gasteiger partial charge in [0.1, 0.15) is 11.6 Å². The summed E-state index contributed by atoms with van der Waals surface area (Å²) in [6.07, 6.45) is 1.41. The number of ether oxygens (including phenoxy) is 2. The van der Waals surface area contributed by atoms with E-state index in [2.05, 4.69) is 5.32 Å². The molecular weight excluding hydrogens is 437 g/mol. The molecule has 178 valence electrons. The number of benzene rings is 2. The summed E-state index contributed by atoms with van der Waals surface area (Å²) in [5.41, 5.74) is 1.29. The molecule has 34 heavy (non-hydrogen) atoms. The van der Waals surface area contributed by atoms with Gasteiger partial charge in [0.05, 0.1) is 26.2 Å². The van der Waals surface area contributed by atoms with Gasteiger partial charge in [-0.05, 0) is 29.3 Å². The summed E-state index contributed by atoms with van der Waals surface area (Å²) in [5, 5.41) is 30.8. The van der Waals surface area contributed by atoms with Crippen LogP contribution in [0.3, 0.4) is 0 Å². The summed E-state index contributed by atoms with van der Waals surface area (Å²) in [5.74, 6) is 0.0379. The second-order valence-corrected chi connectivity index (χ2v) is 7.63. The molecule has 0 bridgehead atoms. The van der Waals surface area contributed by atoms with E-state index in [9.17, 15) is 24.9 Å². The second-order valence-electron chi connectivity index (χ2n) is 7.63. The Morgan fingerprint density at radius 1 is 1.18 bits per heavy atom. The number of rotatable bonds is 11. The van der Waals surface area contributed by atoms with Gasteiger partial charge in [-0.15, -0.1) is 0 Å². The zero-order chi connectivity index (χ0) is 25.1. The number of methoxy groups -OCH3 is 1. The van der Waals surface area contributed by atoms with E-state index in [1.807, 2.05) is 12.1 Å². The highest BCUT2D eigenvalue weighted by Crippen LogP contribution is 2.29. The number of hydrogen-bond acceptors (Lipinski definition) is 7. The van der Waals surface area contributed by atoms with Crippen LogP contribution in [0.5, 0.6) is 11.5 Å². The van der Waals surface area contributed by atoms with Crippen LogP contribution in [-0.2, 0) is 9.59 Å². The maximum absolute atomic E-state index is 12.5. The number of carbonyl (C=O) groups excluding carboxylic acids is 2. The molecule has 2 aromatic rings. The van der Waals surface area contributed by atoms with E-state index < -0.39 is 19.1 Å². The molecule has 0 aromatic heterocycles. The SMILES string of the molecule is COc1ccc(C=C(C#N)C(=O)N(C)C)cc1OCCC(=O)N[C@@H](CB(O)O)c1ccccc1. The van der Waals surface area contributed by atoms with E-state index in [0.717, 1.165) is 5.56 Å². The first-order chi connectivity index (χ1) is 16.2. The van der Waals surface area contributed by atoms with E-state index in [1.165, 1.54) is 18.1 Å². The lowest BCUT2D eigenvalue weighted by atomic mass is 9.79. The van der Waals surface area contributed by atoms with E-state index >= 15 is 0 Å². The predicted octanol–water partition coefficient (Wildman–Crippen LogP) is 1.79. The maximum atomic E-state index is 12.5. The summed E-state index contributed by atoms with van der Waals surface area (Å²) >= 11 is 0. The van der Waals surface area contributed by atoms with Crippen LogP contribution in [0.25, 0.3) is 6.08 Å². The average Bonchev–Trinajstić information content (AvgIpc) is 2.82. The maximum Gasteiger partial charge on any atom is 0.453 e. The van der Waals surface area contributed by atoms with Gasteiger partial charge >= 0.3 is 7.12 Å². The minimum Gasteiger partial charge on any atom is -0.493 e. The van der Waals surface area contributed by atoms with Crippen molar-refractivity contribution in [2.45, 2.75) is 18.8 Å². The molecule has 0 spiro atoms. The molecule has 9 nitrogen and oxygen atoms in total. The number of nitrogens with one attached hydrogen (secondary N) is 1. The van der Waals surface area contributed by atoms with Gasteiger partial charge < -0.3 is 29.7 Å². The average molecular weight is 465 g/mol. The normalized spacial score (nSPS) is 11.7. The lowest BCUT2D eigenvalue weighted by molar-refractivity contribution is -0.124. The van der Waals surface area contributed by atoms with Crippen molar-refractivity contribution in [1.82, 2.24) is 10.2 Å². The van der Waals surface area contributed by atoms with Crippen molar-refractivity contribution < 1.29 is 29.1 Å². The molecule has 0 aliphatic heterocycles. The highest BCUT2D eigenvalue weighted by Gasteiger charge is 2.21. The predicted molar refractivity (Wildman–Crippen MR) is 128 cm³/mol. The number of amides is 2. The molecule has 0 saturated carbocycles. The van der Waals surface area contributed by atoms with Crippen LogP contribution >= 0.6 is 0 Å². The number of nitriles is 1. The zero-order valence-corrected chi connectivity index (χ0v) is 19.4. The summed E-state index contributed by atoms with van der Waals surface area (Å²) in [4.78, 5) is 25.9. The first-order valence-electron chi connectivity index (χ1n) is 10.6. The molecule has 0 aliphatic rings. The summed E-state index contributed by atoms with van der Waals surface area (Å²) in [6.45, 7) is 0.0281. The third-order valence-electron chi connectivity index (χ3n) is 4.83. The van der Waals surface area contributed by atoms with E-state index in [4.69, 9.17) is 9.47 Å². The standard InChI is InChI=1S/C24H28BN3O6/c1-28(2)24(30)19(16-26)13-17-9-10-21(33-3)22(14-17)34-12-11-23(29)27-20(15-25(31)32)18-7-5-4-6-8-18/h4-10,13-14,20,31-32H,11-12,15H2,1-3H3,(H,27,29)/t20-/m0/s1. The Hall–Kier alpha value is -3.81. The summed E-state index contributed by atoms with van der Waals surface area (Å²) in [6, 6.07) is 15.3. The monoisotopic (exact) mass is 465 g/mol. The van der Waals surface area contributed by atoms with E-state index in [-0.39, 0.29) is 30.8 Å². The molecule has 0 radical (unpaired) electrons. The fourth-order valence-corrected chi connectivity index (χ4v) is 3.14. The molecule has 0 unspecified atom stereocenters. The van der Waals surface area contributed by atoms with Crippen molar-refractivity contribution in [1.29, 1.82) is 5.26 Å². The molecule has 2 aromatic carbocycles. The van der Waals surface area contributed by atoms with Gasteiger partial charge in [0.25, 0.3) is 5.91 Å². The van der Waals surface area contributed by atoms with Crippen molar-refractivity contribution in [2.75, 3.05) is 27.8 Å². The fraction of sp³-hybridized carbons (Fsp3) is 0.292. The summed E-state index contributed by atoms with van der Waals surface area (Å²) < 4.78 is 11.0. The first-order valence-corrected chi connectivity index (χ1v) is 10.6. The molecule has 0 saturated heterocycles. The van der Waals surface area contributed by atoms with Gasteiger partial charge in [-0.1, -0.05) is 36.4 Å². The van der Waals surface area contributed by atoms with Crippen LogP contribution < -0.4 is 14.8 Å². The molecule has 3 N–H and O–H groups in total. The Morgan fingerprint density at radius 2 is 1.88 bits per heavy atom. The van der Waals surface area contributed by atoms with Gasteiger partial charge in [0, 0.05) is 20.4 Å². The minimum absolute atomic E-state index is 0.0106. The van der Waals surface area contributed by atoms with Crippen LogP contribution in [0.2, 0.25) is 6.32 Å². The van der Waals surface area contributed by atoms with Crippen molar-refractivity contribution in [2.24, 2.45) is 0 Å². The van der Waals surface area contributed by atoms with Crippen LogP contribution in [-0.4, -0.2) is 61.7 Å². The second kappa shape index (κ2) is 13.0. The largest absolute Gasteiger partial charge is 0.493 e. The molecule has 0 heterocycles. The Bertz CT molecular complexity index is 1050. The van der Waals surface area contributed by atoms with Gasteiger partial charge in [-0.25, -0.2) is 0 Å². The Labute approximate surface area is 199 Å². The number of carbonyl (C=O) groups is 2. The molecule has 10 heteroatoms. The van der Waals surface area contributed by atoms with Gasteiger partial charge in [0.2, 0.25) is 5.91 Å². The van der Waals surface area contributed by atoms with Crippen LogP contribution in [0, 0.1) is 11.3 Å². The molecule has 2 rings (SSSR count). The van der Waals surface area contributed by atoms with Crippen LogP contribution in [0.15, 0.2) is 54.1 Å². The van der Waals surface area contributed by atoms with E-state index in [1.54, 1.807) is 56.6 Å². The van der Waals surface area contributed by atoms with Crippen LogP contribution in [0.4, 0.5) is 0 Å². The smallest absolute Gasteiger partial charge is 0.453 e. The number of likely N-dealkylation sites (N-methyl/N-ethyl adjacent to an activating group) is 1. The Kier molecular flexibility index (Phi) is 10.1. The number of hydrogen-bond donors (Lipinski definition) is 3. The van der Waals surface area contributed by atoms with Gasteiger partial charge in [0.15, 0.2) is 11.5 Å². The molecule has 2 amide bonds. The van der Waals surface area contributed by atoms with Crippen molar-refractivity contribution in [3.63, 3.8) is 0 Å². The van der Waals surface area contributed by atoms with E-state index in [0.29, 0.717) is 17.1 Å². The molecule has 1 atom stereocenters. The molecule has 0 fully saturated rings. The van der Waals surface area contributed by atoms with Crippen molar-refractivity contribution in [3.05, 3.63) is 65.2 Å². The lowest BCUT2D eigenvalue weighted by Crippen LogP contribution is -2.32. The van der Waals surface area contributed by atoms with Crippen molar-refractivity contribution in [3.8, 4) is 17.6 Å². The fourth-order valence-electron chi connectivity index (χ4n) is 3.14. The van der Waals surface area contributed by atoms with Crippen molar-refractivity contribution >= 4 is 25.0 Å². The minimum atomic E-state index is -1.57. The van der Waals surface area contributed by atoms with Gasteiger partial charge in [-0.3, -0.25) is 9.59 Å². The summed E-state index contributed by atoms with van der Waals surface area (Å²) in [7, 11) is 3.03. The molecular formula is C24H28BN3O6. The highest BCUT2D eigenvalue weighted by atomic mass is 16.5. The number of nitrogens with zero attached hydrogens (tertiary/aromatic N) is 2. The molecule has 0 aliphatic carbocycles. The third kappa shape index (κ3) is 7.96. The Balaban J connectivity index is 2.06. The topological polar surface area (TPSA) is 132 Å².